The van der Waals surface area contributed by atoms with E-state index in [1.165, 1.54) is 0 Å². The van der Waals surface area contributed by atoms with Crippen LogP contribution in [0, 0.1) is 0 Å². The lowest BCUT2D eigenvalue weighted by atomic mass is 10.0. The molecule has 0 saturated carbocycles. The molecule has 0 spiro atoms. The van der Waals surface area contributed by atoms with Crippen molar-refractivity contribution in [1.82, 2.24) is 15.2 Å². The number of aromatic nitrogens is 2. The second-order valence-electron chi connectivity index (χ2n) is 5.15. The number of hydrazine groups is 1. The minimum Gasteiger partial charge on any atom is -0.496 e. The zero-order chi connectivity index (χ0) is 15.4. The van der Waals surface area contributed by atoms with Gasteiger partial charge in [0.1, 0.15) is 5.75 Å². The highest BCUT2D eigenvalue weighted by atomic mass is 79.9. The van der Waals surface area contributed by atoms with E-state index in [9.17, 15) is 0 Å². The van der Waals surface area contributed by atoms with Crippen molar-refractivity contribution in [1.29, 1.82) is 0 Å². The molecule has 2 rings (SSSR count). The van der Waals surface area contributed by atoms with Gasteiger partial charge in [0.25, 0.3) is 0 Å². The molecule has 1 heterocycles. The van der Waals surface area contributed by atoms with Crippen LogP contribution in [0.1, 0.15) is 37.2 Å². The predicted molar refractivity (Wildman–Crippen MR) is 87.1 cm³/mol. The van der Waals surface area contributed by atoms with Gasteiger partial charge in [0.2, 0.25) is 0 Å². The van der Waals surface area contributed by atoms with E-state index in [-0.39, 0.29) is 12.1 Å². The molecule has 0 aliphatic heterocycles. The van der Waals surface area contributed by atoms with Crippen LogP contribution in [-0.2, 0) is 6.42 Å². The number of halogens is 1. The largest absolute Gasteiger partial charge is 0.496 e. The predicted octanol–water partition coefficient (Wildman–Crippen LogP) is 2.98. The zero-order valence-electron chi connectivity index (χ0n) is 12.5. The Balaban J connectivity index is 2.35. The summed E-state index contributed by atoms with van der Waals surface area (Å²) in [4.78, 5) is 0. The Kier molecular flexibility index (Phi) is 5.39. The Hall–Kier alpha value is -1.37. The Bertz CT molecular complexity index is 597. The van der Waals surface area contributed by atoms with E-state index in [0.29, 0.717) is 0 Å². The summed E-state index contributed by atoms with van der Waals surface area (Å²) in [6.07, 6.45) is 2.53. The molecule has 1 aromatic carbocycles. The molecule has 0 fully saturated rings. The maximum Gasteiger partial charge on any atom is 0.122 e. The van der Waals surface area contributed by atoms with Gasteiger partial charge in [-0.1, -0.05) is 18.2 Å². The summed E-state index contributed by atoms with van der Waals surface area (Å²) in [6, 6.07) is 8.17. The summed E-state index contributed by atoms with van der Waals surface area (Å²) >= 11 is 3.57. The van der Waals surface area contributed by atoms with Crippen molar-refractivity contribution in [3.63, 3.8) is 0 Å². The van der Waals surface area contributed by atoms with E-state index in [4.69, 9.17) is 10.6 Å². The van der Waals surface area contributed by atoms with Gasteiger partial charge in [-0.25, -0.2) is 0 Å². The maximum absolute atomic E-state index is 5.79. The molecular weight excluding hydrogens is 332 g/mol. The van der Waals surface area contributed by atoms with Gasteiger partial charge < -0.3 is 4.74 Å². The van der Waals surface area contributed by atoms with Crippen LogP contribution in [0.15, 0.2) is 34.9 Å². The van der Waals surface area contributed by atoms with E-state index < -0.39 is 0 Å². The summed E-state index contributed by atoms with van der Waals surface area (Å²) in [5, 5.41) is 4.41. The first-order chi connectivity index (χ1) is 10.1. The standard InChI is InChI=1S/C15H21BrN4O/c1-10(2)20-15(12(16)9-18-20)13(19-17)8-11-6-4-5-7-14(11)21-3/h4-7,9-10,13,19H,8,17H2,1-3H3. The topological polar surface area (TPSA) is 65.1 Å². The molecule has 5 nitrogen and oxygen atoms in total. The van der Waals surface area contributed by atoms with Gasteiger partial charge in [-0.2, -0.15) is 5.10 Å². The first kappa shape index (κ1) is 16.0. The lowest BCUT2D eigenvalue weighted by molar-refractivity contribution is 0.401. The zero-order valence-corrected chi connectivity index (χ0v) is 14.1. The van der Waals surface area contributed by atoms with E-state index in [2.05, 4.69) is 40.3 Å². The number of hydrogen-bond acceptors (Lipinski definition) is 4. The van der Waals surface area contributed by atoms with Gasteiger partial charge in [0, 0.05) is 6.04 Å². The molecule has 0 amide bonds. The van der Waals surface area contributed by atoms with Gasteiger partial charge in [-0.3, -0.25) is 16.0 Å². The van der Waals surface area contributed by atoms with Gasteiger partial charge in [0.05, 0.1) is 29.5 Å². The summed E-state index contributed by atoms with van der Waals surface area (Å²) in [6.45, 7) is 4.19. The normalized spacial score (nSPS) is 12.7. The molecule has 0 bridgehead atoms. The molecule has 3 N–H and O–H groups in total. The minimum absolute atomic E-state index is 0.0550. The fourth-order valence-corrected chi connectivity index (χ4v) is 2.96. The van der Waals surface area contributed by atoms with Gasteiger partial charge in [-0.05, 0) is 47.8 Å². The van der Waals surface area contributed by atoms with Crippen molar-refractivity contribution in [2.24, 2.45) is 5.84 Å². The minimum atomic E-state index is -0.0550. The number of ether oxygens (including phenoxy) is 1. The third kappa shape index (κ3) is 3.45. The Labute approximate surface area is 133 Å². The second kappa shape index (κ2) is 7.06. The molecule has 114 valence electrons. The van der Waals surface area contributed by atoms with Crippen LogP contribution in [0.3, 0.4) is 0 Å². The monoisotopic (exact) mass is 352 g/mol. The molecule has 0 radical (unpaired) electrons. The van der Waals surface area contributed by atoms with Crippen molar-refractivity contribution in [3.8, 4) is 5.75 Å². The van der Waals surface area contributed by atoms with Crippen molar-refractivity contribution in [3.05, 3.63) is 46.2 Å². The molecule has 2 aromatic rings. The van der Waals surface area contributed by atoms with Crippen LogP contribution in [0.2, 0.25) is 0 Å². The Morgan fingerprint density at radius 2 is 2.10 bits per heavy atom. The summed E-state index contributed by atoms with van der Waals surface area (Å²) in [5.74, 6) is 6.65. The fourth-order valence-electron chi connectivity index (χ4n) is 2.41. The van der Waals surface area contributed by atoms with Gasteiger partial charge in [-0.15, -0.1) is 0 Å². The first-order valence-corrected chi connectivity index (χ1v) is 7.68. The maximum atomic E-state index is 5.79. The Morgan fingerprint density at radius 3 is 2.71 bits per heavy atom. The number of nitrogens with zero attached hydrogens (tertiary/aromatic N) is 2. The highest BCUT2D eigenvalue weighted by molar-refractivity contribution is 9.10. The highest BCUT2D eigenvalue weighted by Gasteiger charge is 2.22. The molecule has 0 aliphatic rings. The molecule has 0 aliphatic carbocycles. The van der Waals surface area contributed by atoms with Crippen LogP contribution in [0.5, 0.6) is 5.75 Å². The lowest BCUT2D eigenvalue weighted by Gasteiger charge is -2.21. The molecule has 1 atom stereocenters. The van der Waals surface area contributed by atoms with E-state index in [1.807, 2.05) is 35.1 Å². The van der Waals surface area contributed by atoms with Crippen LogP contribution >= 0.6 is 15.9 Å². The van der Waals surface area contributed by atoms with E-state index in [0.717, 1.165) is 27.9 Å². The van der Waals surface area contributed by atoms with Crippen molar-refractivity contribution in [2.75, 3.05) is 7.11 Å². The molecule has 6 heteroatoms. The van der Waals surface area contributed by atoms with E-state index >= 15 is 0 Å². The molecule has 1 unspecified atom stereocenters. The third-order valence-corrected chi connectivity index (χ3v) is 4.03. The van der Waals surface area contributed by atoms with Crippen molar-refractivity contribution >= 4 is 15.9 Å². The lowest BCUT2D eigenvalue weighted by Crippen LogP contribution is -2.32. The highest BCUT2D eigenvalue weighted by Crippen LogP contribution is 2.30. The fraction of sp³-hybridized carbons (Fsp3) is 0.400. The number of nitrogens with one attached hydrogen (secondary N) is 1. The molecule has 21 heavy (non-hydrogen) atoms. The van der Waals surface area contributed by atoms with Crippen molar-refractivity contribution < 1.29 is 4.74 Å². The SMILES string of the molecule is COc1ccccc1CC(NN)c1c(Br)cnn1C(C)C. The molecule has 1 aromatic heterocycles. The summed E-state index contributed by atoms with van der Waals surface area (Å²) < 4.78 is 8.34. The van der Waals surface area contributed by atoms with E-state index in [1.54, 1.807) is 7.11 Å². The first-order valence-electron chi connectivity index (χ1n) is 6.89. The summed E-state index contributed by atoms with van der Waals surface area (Å²) in [7, 11) is 1.68. The van der Waals surface area contributed by atoms with Crippen LogP contribution < -0.4 is 16.0 Å². The van der Waals surface area contributed by atoms with Gasteiger partial charge >= 0.3 is 0 Å². The number of nitrogens with two attached hydrogens (primary N) is 1. The number of rotatable bonds is 6. The van der Waals surface area contributed by atoms with Crippen LogP contribution in [0.25, 0.3) is 0 Å². The van der Waals surface area contributed by atoms with Crippen molar-refractivity contribution in [2.45, 2.75) is 32.4 Å². The number of benzene rings is 1. The second-order valence-corrected chi connectivity index (χ2v) is 6.01. The summed E-state index contributed by atoms with van der Waals surface area (Å²) in [5.41, 5.74) is 5.04. The molecule has 0 saturated heterocycles. The van der Waals surface area contributed by atoms with Crippen LogP contribution in [0.4, 0.5) is 0 Å². The number of para-hydroxylation sites is 1. The third-order valence-electron chi connectivity index (χ3n) is 3.42. The average molecular weight is 353 g/mol. The number of hydrogen-bond donors (Lipinski definition) is 2. The Morgan fingerprint density at radius 1 is 1.38 bits per heavy atom. The van der Waals surface area contributed by atoms with Gasteiger partial charge in [0.15, 0.2) is 0 Å². The molecular formula is C15H21BrN4O. The smallest absolute Gasteiger partial charge is 0.122 e. The quantitative estimate of drug-likeness (QED) is 0.619. The number of methoxy groups -OCH3 is 1. The average Bonchev–Trinajstić information content (AvgIpc) is 2.87. The van der Waals surface area contributed by atoms with Crippen LogP contribution in [-0.4, -0.2) is 16.9 Å².